The van der Waals surface area contributed by atoms with E-state index in [1.54, 1.807) is 11.1 Å². The second-order valence-electron chi connectivity index (χ2n) is 6.68. The van der Waals surface area contributed by atoms with Crippen LogP contribution in [-0.4, -0.2) is 11.7 Å². The maximum Gasteiger partial charge on any atom is 0.0677 e. The van der Waals surface area contributed by atoms with Crippen LogP contribution in [0.4, 0.5) is 0 Å². The third kappa shape index (κ3) is 1.33. The van der Waals surface area contributed by atoms with E-state index in [1.165, 1.54) is 25.7 Å². The van der Waals surface area contributed by atoms with Crippen LogP contribution in [-0.2, 0) is 4.74 Å². The number of allylic oxidation sites excluding steroid dienone is 1. The SMILES string of the molecule is CC1=C2CC[C@H](C)[C@@H]3OC(C)(C)[C@@H](CC1)[C@@H]23. The number of ether oxygens (including phenoxy) is 1. The number of rotatable bonds is 0. The summed E-state index contributed by atoms with van der Waals surface area (Å²) in [4.78, 5) is 0. The Balaban J connectivity index is 2.04. The Hall–Kier alpha value is -0.300. The average molecular weight is 220 g/mol. The van der Waals surface area contributed by atoms with Crippen molar-refractivity contribution in [1.29, 1.82) is 0 Å². The summed E-state index contributed by atoms with van der Waals surface area (Å²) in [5.41, 5.74) is 3.56. The first-order chi connectivity index (χ1) is 7.50. The van der Waals surface area contributed by atoms with Crippen molar-refractivity contribution in [3.8, 4) is 0 Å². The Kier molecular flexibility index (Phi) is 2.27. The van der Waals surface area contributed by atoms with Crippen LogP contribution in [0.25, 0.3) is 0 Å². The first-order valence-corrected chi connectivity index (χ1v) is 6.87. The molecule has 2 fully saturated rings. The van der Waals surface area contributed by atoms with Gasteiger partial charge in [0.25, 0.3) is 0 Å². The van der Waals surface area contributed by atoms with E-state index >= 15 is 0 Å². The van der Waals surface area contributed by atoms with Gasteiger partial charge >= 0.3 is 0 Å². The molecule has 1 nitrogen and oxygen atoms in total. The lowest BCUT2D eigenvalue weighted by atomic mass is 9.63. The van der Waals surface area contributed by atoms with Crippen LogP contribution in [0.3, 0.4) is 0 Å². The molecule has 0 bridgehead atoms. The van der Waals surface area contributed by atoms with Crippen molar-refractivity contribution in [2.24, 2.45) is 17.8 Å². The van der Waals surface area contributed by atoms with E-state index in [2.05, 4.69) is 27.7 Å². The molecule has 1 heterocycles. The molecule has 0 radical (unpaired) electrons. The van der Waals surface area contributed by atoms with Gasteiger partial charge in [-0.3, -0.25) is 0 Å². The molecule has 0 amide bonds. The molecule has 3 aliphatic rings. The molecule has 1 aliphatic heterocycles. The Morgan fingerprint density at radius 2 is 1.94 bits per heavy atom. The van der Waals surface area contributed by atoms with Crippen molar-refractivity contribution >= 4 is 0 Å². The molecule has 0 N–H and O–H groups in total. The lowest BCUT2D eigenvalue weighted by Crippen LogP contribution is -2.36. The van der Waals surface area contributed by atoms with E-state index in [1.807, 2.05) is 0 Å². The molecule has 0 spiro atoms. The normalized spacial score (nSPS) is 45.8. The monoisotopic (exact) mass is 220 g/mol. The molecule has 0 aromatic heterocycles. The van der Waals surface area contributed by atoms with Gasteiger partial charge in [-0.2, -0.15) is 0 Å². The maximum atomic E-state index is 6.39. The van der Waals surface area contributed by atoms with E-state index in [0.717, 1.165) is 17.8 Å². The van der Waals surface area contributed by atoms with Crippen LogP contribution in [0.1, 0.15) is 53.4 Å². The minimum absolute atomic E-state index is 0.111. The van der Waals surface area contributed by atoms with Crippen LogP contribution in [0.2, 0.25) is 0 Å². The first kappa shape index (κ1) is 10.8. The van der Waals surface area contributed by atoms with Gasteiger partial charge in [-0.15, -0.1) is 0 Å². The molecule has 1 saturated carbocycles. The van der Waals surface area contributed by atoms with Gasteiger partial charge in [-0.1, -0.05) is 18.1 Å². The highest BCUT2D eigenvalue weighted by Crippen LogP contribution is 2.55. The molecule has 3 rings (SSSR count). The third-order valence-electron chi connectivity index (χ3n) is 5.33. The van der Waals surface area contributed by atoms with Crippen LogP contribution in [0.15, 0.2) is 11.1 Å². The van der Waals surface area contributed by atoms with Crippen molar-refractivity contribution in [2.75, 3.05) is 0 Å². The Morgan fingerprint density at radius 3 is 2.69 bits per heavy atom. The van der Waals surface area contributed by atoms with Gasteiger partial charge in [0.1, 0.15) is 0 Å². The molecule has 2 aliphatic carbocycles. The highest BCUT2D eigenvalue weighted by molar-refractivity contribution is 5.27. The van der Waals surface area contributed by atoms with E-state index in [4.69, 9.17) is 4.74 Å². The predicted molar refractivity (Wildman–Crippen MR) is 66.3 cm³/mol. The fraction of sp³-hybridized carbons (Fsp3) is 0.867. The minimum atomic E-state index is 0.111. The fourth-order valence-corrected chi connectivity index (χ4v) is 4.36. The second kappa shape index (κ2) is 3.35. The highest BCUT2D eigenvalue weighted by atomic mass is 16.5. The van der Waals surface area contributed by atoms with Gasteiger partial charge < -0.3 is 4.74 Å². The molecule has 4 atom stereocenters. The van der Waals surface area contributed by atoms with Crippen molar-refractivity contribution in [1.82, 2.24) is 0 Å². The summed E-state index contributed by atoms with van der Waals surface area (Å²) in [7, 11) is 0. The molecular formula is C15H24O. The van der Waals surface area contributed by atoms with Crippen molar-refractivity contribution in [3.05, 3.63) is 11.1 Å². The first-order valence-electron chi connectivity index (χ1n) is 6.87. The summed E-state index contributed by atoms with van der Waals surface area (Å²) < 4.78 is 6.39. The zero-order chi connectivity index (χ0) is 11.5. The lowest BCUT2D eigenvalue weighted by Gasteiger charge is -2.39. The Bertz CT molecular complexity index is 339. The fourth-order valence-electron chi connectivity index (χ4n) is 4.36. The van der Waals surface area contributed by atoms with Gasteiger partial charge in [-0.05, 0) is 58.3 Å². The largest absolute Gasteiger partial charge is 0.371 e. The van der Waals surface area contributed by atoms with Crippen molar-refractivity contribution in [3.63, 3.8) is 0 Å². The van der Waals surface area contributed by atoms with Gasteiger partial charge in [0.2, 0.25) is 0 Å². The topological polar surface area (TPSA) is 9.23 Å². The number of hydrogen-bond acceptors (Lipinski definition) is 1. The van der Waals surface area contributed by atoms with Gasteiger partial charge in [0.05, 0.1) is 11.7 Å². The standard InChI is InChI=1S/C15H24O/c1-9-6-8-12-13-11(9)7-5-10(2)14(13)16-15(12,3)4/h10,12-14H,5-8H2,1-4H3/t10-,12-,13+,14-/m0/s1. The smallest absolute Gasteiger partial charge is 0.0677 e. The summed E-state index contributed by atoms with van der Waals surface area (Å²) >= 11 is 0. The zero-order valence-electron chi connectivity index (χ0n) is 11.0. The van der Waals surface area contributed by atoms with Crippen LogP contribution in [0.5, 0.6) is 0 Å². The Labute approximate surface area is 99.3 Å². The van der Waals surface area contributed by atoms with Crippen molar-refractivity contribution < 1.29 is 4.74 Å². The quantitative estimate of drug-likeness (QED) is 0.562. The summed E-state index contributed by atoms with van der Waals surface area (Å²) in [6, 6.07) is 0. The molecular weight excluding hydrogens is 196 g/mol. The maximum absolute atomic E-state index is 6.39. The third-order valence-corrected chi connectivity index (χ3v) is 5.33. The molecule has 0 unspecified atom stereocenters. The van der Waals surface area contributed by atoms with E-state index in [-0.39, 0.29) is 5.60 Å². The average Bonchev–Trinajstić information content (AvgIpc) is 2.49. The summed E-state index contributed by atoms with van der Waals surface area (Å²) in [5, 5.41) is 0. The van der Waals surface area contributed by atoms with Crippen LogP contribution >= 0.6 is 0 Å². The van der Waals surface area contributed by atoms with E-state index in [0.29, 0.717) is 6.10 Å². The second-order valence-corrected chi connectivity index (χ2v) is 6.68. The van der Waals surface area contributed by atoms with Crippen LogP contribution < -0.4 is 0 Å². The summed E-state index contributed by atoms with van der Waals surface area (Å²) in [5.74, 6) is 2.29. The number of hydrogen-bond donors (Lipinski definition) is 0. The lowest BCUT2D eigenvalue weighted by molar-refractivity contribution is -0.0563. The summed E-state index contributed by atoms with van der Waals surface area (Å²) in [6.07, 6.45) is 5.83. The van der Waals surface area contributed by atoms with Crippen molar-refractivity contribution in [2.45, 2.75) is 65.1 Å². The van der Waals surface area contributed by atoms with Gasteiger partial charge in [0, 0.05) is 5.92 Å². The summed E-state index contributed by atoms with van der Waals surface area (Å²) in [6.45, 7) is 9.34. The van der Waals surface area contributed by atoms with E-state index < -0.39 is 0 Å². The molecule has 0 aromatic rings. The molecule has 1 saturated heterocycles. The molecule has 0 aromatic carbocycles. The molecule has 16 heavy (non-hydrogen) atoms. The molecule has 90 valence electrons. The van der Waals surface area contributed by atoms with Gasteiger partial charge in [-0.25, -0.2) is 0 Å². The van der Waals surface area contributed by atoms with Crippen LogP contribution in [0, 0.1) is 17.8 Å². The molecule has 1 heteroatoms. The van der Waals surface area contributed by atoms with Gasteiger partial charge in [0.15, 0.2) is 0 Å². The predicted octanol–water partition coefficient (Wildman–Crippen LogP) is 3.94. The highest BCUT2D eigenvalue weighted by Gasteiger charge is 2.54. The Morgan fingerprint density at radius 1 is 1.19 bits per heavy atom. The minimum Gasteiger partial charge on any atom is -0.371 e. The zero-order valence-corrected chi connectivity index (χ0v) is 11.0. The van der Waals surface area contributed by atoms with E-state index in [9.17, 15) is 0 Å².